The summed E-state index contributed by atoms with van der Waals surface area (Å²) in [5.41, 5.74) is 0.322. The Morgan fingerprint density at radius 3 is 2.79 bits per heavy atom. The number of hydrogen-bond acceptors (Lipinski definition) is 5. The zero-order chi connectivity index (χ0) is 14.0. The zero-order valence-electron chi connectivity index (χ0n) is 10.8. The highest BCUT2D eigenvalue weighted by molar-refractivity contribution is 7.91. The van der Waals surface area contributed by atoms with Crippen molar-refractivity contribution in [2.24, 2.45) is 11.0 Å². The largest absolute Gasteiger partial charge is 0.351 e. The van der Waals surface area contributed by atoms with Gasteiger partial charge in [0.15, 0.2) is 9.84 Å². The fourth-order valence-corrected chi connectivity index (χ4v) is 4.07. The molecule has 0 saturated carbocycles. The Balaban J connectivity index is 1.85. The van der Waals surface area contributed by atoms with Crippen LogP contribution in [0.25, 0.3) is 0 Å². The van der Waals surface area contributed by atoms with Crippen molar-refractivity contribution < 1.29 is 18.0 Å². The van der Waals surface area contributed by atoms with E-state index in [-0.39, 0.29) is 35.7 Å². The van der Waals surface area contributed by atoms with E-state index in [0.717, 1.165) is 0 Å². The molecule has 1 unspecified atom stereocenters. The molecular formula is C11H17N3O4S. The van der Waals surface area contributed by atoms with Crippen LogP contribution in [0.3, 0.4) is 0 Å². The summed E-state index contributed by atoms with van der Waals surface area (Å²) in [5.74, 6) is -0.108. The Labute approximate surface area is 112 Å². The van der Waals surface area contributed by atoms with E-state index >= 15 is 0 Å². The number of carbonyl (C=O) groups excluding carboxylic acids is 2. The maximum atomic E-state index is 11.8. The minimum absolute atomic E-state index is 0.0162. The number of hydrazone groups is 1. The maximum absolute atomic E-state index is 11.8. The highest BCUT2D eigenvalue weighted by Crippen LogP contribution is 2.17. The van der Waals surface area contributed by atoms with Crippen LogP contribution in [0.15, 0.2) is 5.10 Å². The molecular weight excluding hydrogens is 270 g/mol. The molecule has 106 valence electrons. The second-order valence-corrected chi connectivity index (χ2v) is 7.17. The van der Waals surface area contributed by atoms with E-state index in [0.29, 0.717) is 25.1 Å². The quantitative estimate of drug-likeness (QED) is 0.731. The van der Waals surface area contributed by atoms with Crippen LogP contribution in [0.1, 0.15) is 19.3 Å². The average Bonchev–Trinajstić information content (AvgIpc) is 2.69. The Morgan fingerprint density at radius 1 is 1.47 bits per heavy atom. The summed E-state index contributed by atoms with van der Waals surface area (Å²) in [6.07, 6.45) is 1.20. The molecule has 2 amide bonds. The third-order valence-corrected chi connectivity index (χ3v) is 5.18. The summed E-state index contributed by atoms with van der Waals surface area (Å²) in [7, 11) is -1.41. The monoisotopic (exact) mass is 287 g/mol. The Morgan fingerprint density at radius 2 is 2.21 bits per heavy atom. The number of carbonyl (C=O) groups is 2. The number of amides is 2. The molecule has 0 aliphatic carbocycles. The number of nitrogens with one attached hydrogen (secondary N) is 1. The molecule has 1 saturated heterocycles. The van der Waals surface area contributed by atoms with Crippen LogP contribution in [0.4, 0.5) is 0 Å². The van der Waals surface area contributed by atoms with Crippen LogP contribution in [-0.2, 0) is 19.4 Å². The van der Waals surface area contributed by atoms with Crippen molar-refractivity contribution >= 4 is 27.4 Å². The SMILES string of the molecule is CN1N=C(C(=O)NCC2CCS(=O)(=O)C2)CCC1=O. The van der Waals surface area contributed by atoms with Gasteiger partial charge in [-0.3, -0.25) is 9.59 Å². The van der Waals surface area contributed by atoms with Gasteiger partial charge < -0.3 is 5.32 Å². The van der Waals surface area contributed by atoms with Crippen molar-refractivity contribution in [3.63, 3.8) is 0 Å². The summed E-state index contributed by atoms with van der Waals surface area (Å²) >= 11 is 0. The fraction of sp³-hybridized carbons (Fsp3) is 0.727. The van der Waals surface area contributed by atoms with Gasteiger partial charge in [-0.1, -0.05) is 0 Å². The molecule has 0 aromatic carbocycles. The van der Waals surface area contributed by atoms with Crippen molar-refractivity contribution in [1.82, 2.24) is 10.3 Å². The Kier molecular flexibility index (Phi) is 3.88. The molecule has 0 spiro atoms. The van der Waals surface area contributed by atoms with Crippen molar-refractivity contribution in [2.45, 2.75) is 19.3 Å². The van der Waals surface area contributed by atoms with Gasteiger partial charge in [-0.05, 0) is 12.3 Å². The maximum Gasteiger partial charge on any atom is 0.267 e. The van der Waals surface area contributed by atoms with Crippen LogP contribution in [-0.4, -0.2) is 56.1 Å². The van der Waals surface area contributed by atoms with Crippen molar-refractivity contribution in [1.29, 1.82) is 0 Å². The molecule has 1 atom stereocenters. The molecule has 7 nitrogen and oxygen atoms in total. The molecule has 2 rings (SSSR count). The van der Waals surface area contributed by atoms with Crippen molar-refractivity contribution in [3.8, 4) is 0 Å². The minimum Gasteiger partial charge on any atom is -0.351 e. The van der Waals surface area contributed by atoms with E-state index in [4.69, 9.17) is 0 Å². The van der Waals surface area contributed by atoms with Gasteiger partial charge in [0.05, 0.1) is 11.5 Å². The van der Waals surface area contributed by atoms with E-state index in [9.17, 15) is 18.0 Å². The molecule has 1 N–H and O–H groups in total. The molecule has 0 radical (unpaired) electrons. The third kappa shape index (κ3) is 3.52. The molecule has 2 heterocycles. The van der Waals surface area contributed by atoms with Gasteiger partial charge in [0.2, 0.25) is 5.91 Å². The number of sulfone groups is 1. The summed E-state index contributed by atoms with van der Waals surface area (Å²) in [6.45, 7) is 0.342. The lowest BCUT2D eigenvalue weighted by molar-refractivity contribution is -0.130. The van der Waals surface area contributed by atoms with Gasteiger partial charge in [0.1, 0.15) is 5.71 Å². The fourth-order valence-electron chi connectivity index (χ4n) is 2.20. The third-order valence-electron chi connectivity index (χ3n) is 3.35. The van der Waals surface area contributed by atoms with Gasteiger partial charge in [-0.2, -0.15) is 5.10 Å². The van der Waals surface area contributed by atoms with Crippen LogP contribution in [0, 0.1) is 5.92 Å². The van der Waals surface area contributed by atoms with Gasteiger partial charge in [-0.15, -0.1) is 0 Å². The number of nitrogens with zero attached hydrogens (tertiary/aromatic N) is 2. The standard InChI is InChI=1S/C11H17N3O4S/c1-14-10(15)3-2-9(13-14)11(16)12-6-8-4-5-19(17,18)7-8/h8H,2-7H2,1H3,(H,12,16). The molecule has 8 heteroatoms. The summed E-state index contributed by atoms with van der Waals surface area (Å²) in [5, 5.41) is 7.77. The first kappa shape index (κ1) is 14.0. The lowest BCUT2D eigenvalue weighted by atomic mass is 10.1. The van der Waals surface area contributed by atoms with E-state index in [1.54, 1.807) is 0 Å². The highest BCUT2D eigenvalue weighted by Gasteiger charge is 2.29. The summed E-state index contributed by atoms with van der Waals surface area (Å²) < 4.78 is 22.6. The summed E-state index contributed by atoms with van der Waals surface area (Å²) in [6, 6.07) is 0. The molecule has 1 fully saturated rings. The normalized spacial score (nSPS) is 26.2. The predicted octanol–water partition coefficient (Wildman–Crippen LogP) is -0.854. The molecule has 2 aliphatic heterocycles. The second-order valence-electron chi connectivity index (χ2n) is 4.94. The van der Waals surface area contributed by atoms with Crippen LogP contribution < -0.4 is 5.32 Å². The second kappa shape index (κ2) is 5.28. The lowest BCUT2D eigenvalue weighted by Gasteiger charge is -2.19. The minimum atomic E-state index is -2.92. The summed E-state index contributed by atoms with van der Waals surface area (Å²) in [4.78, 5) is 23.1. The molecule has 0 aromatic heterocycles. The Bertz CT molecular complexity index is 526. The van der Waals surface area contributed by atoms with E-state index in [1.807, 2.05) is 0 Å². The molecule has 0 aromatic rings. The first-order valence-corrected chi connectivity index (χ1v) is 8.02. The first-order valence-electron chi connectivity index (χ1n) is 6.20. The number of rotatable bonds is 3. The van der Waals surface area contributed by atoms with Crippen LogP contribution in [0.5, 0.6) is 0 Å². The van der Waals surface area contributed by atoms with Crippen molar-refractivity contribution in [2.75, 3.05) is 25.1 Å². The van der Waals surface area contributed by atoms with Crippen molar-refractivity contribution in [3.05, 3.63) is 0 Å². The van der Waals surface area contributed by atoms with Gasteiger partial charge in [-0.25, -0.2) is 13.4 Å². The average molecular weight is 287 g/mol. The lowest BCUT2D eigenvalue weighted by Crippen LogP contribution is -2.39. The van der Waals surface area contributed by atoms with E-state index in [2.05, 4.69) is 10.4 Å². The van der Waals surface area contributed by atoms with Gasteiger partial charge in [0.25, 0.3) is 5.91 Å². The molecule has 19 heavy (non-hydrogen) atoms. The molecule has 0 bridgehead atoms. The van der Waals surface area contributed by atoms with E-state index < -0.39 is 9.84 Å². The smallest absolute Gasteiger partial charge is 0.267 e. The topological polar surface area (TPSA) is 95.9 Å². The van der Waals surface area contributed by atoms with E-state index in [1.165, 1.54) is 12.1 Å². The number of hydrogen-bond donors (Lipinski definition) is 1. The first-order chi connectivity index (χ1) is 8.87. The van der Waals surface area contributed by atoms with Gasteiger partial charge in [0, 0.05) is 26.4 Å². The van der Waals surface area contributed by atoms with Crippen LogP contribution >= 0.6 is 0 Å². The van der Waals surface area contributed by atoms with Crippen LogP contribution in [0.2, 0.25) is 0 Å². The van der Waals surface area contributed by atoms with Gasteiger partial charge >= 0.3 is 0 Å². The predicted molar refractivity (Wildman–Crippen MR) is 69.2 cm³/mol. The highest BCUT2D eigenvalue weighted by atomic mass is 32.2. The Hall–Kier alpha value is -1.44. The zero-order valence-corrected chi connectivity index (χ0v) is 11.6. The molecule has 2 aliphatic rings.